The van der Waals surface area contributed by atoms with Gasteiger partial charge in [0, 0.05) is 22.9 Å². The van der Waals surface area contributed by atoms with E-state index in [0.717, 1.165) is 4.88 Å². The Hall–Kier alpha value is -2.14. The van der Waals surface area contributed by atoms with E-state index in [2.05, 4.69) is 10.6 Å². The van der Waals surface area contributed by atoms with Gasteiger partial charge in [-0.05, 0) is 43.0 Å². The van der Waals surface area contributed by atoms with Crippen molar-refractivity contribution in [3.63, 3.8) is 0 Å². The van der Waals surface area contributed by atoms with Crippen LogP contribution in [0.5, 0.6) is 0 Å². The first-order valence-electron chi connectivity index (χ1n) is 7.22. The normalized spacial score (nSPS) is 11.7. The summed E-state index contributed by atoms with van der Waals surface area (Å²) in [7, 11) is 0. The Morgan fingerprint density at radius 2 is 1.91 bits per heavy atom. The van der Waals surface area contributed by atoms with E-state index in [1.165, 1.54) is 5.56 Å². The molecule has 1 atom stereocenters. The van der Waals surface area contributed by atoms with Crippen molar-refractivity contribution in [3.8, 4) is 0 Å². The highest BCUT2D eigenvalue weighted by Crippen LogP contribution is 2.14. The lowest BCUT2D eigenvalue weighted by atomic mass is 10.1. The number of amides is 2. The Kier molecular flexibility index (Phi) is 5.72. The van der Waals surface area contributed by atoms with Crippen LogP contribution >= 0.6 is 11.3 Å². The van der Waals surface area contributed by atoms with Crippen molar-refractivity contribution in [2.45, 2.75) is 32.9 Å². The molecular weight excluding hydrogens is 296 g/mol. The van der Waals surface area contributed by atoms with Crippen molar-refractivity contribution in [3.05, 3.63) is 57.8 Å². The van der Waals surface area contributed by atoms with Crippen LogP contribution in [-0.4, -0.2) is 17.9 Å². The molecule has 0 spiro atoms. The molecule has 0 bridgehead atoms. The molecule has 0 aliphatic carbocycles. The van der Waals surface area contributed by atoms with Gasteiger partial charge in [-0.3, -0.25) is 9.59 Å². The molecule has 0 radical (unpaired) electrons. The second kappa shape index (κ2) is 7.75. The molecule has 1 aromatic carbocycles. The highest BCUT2D eigenvalue weighted by atomic mass is 32.1. The van der Waals surface area contributed by atoms with Crippen molar-refractivity contribution in [2.75, 3.05) is 0 Å². The second-order valence-electron chi connectivity index (χ2n) is 5.25. The summed E-state index contributed by atoms with van der Waals surface area (Å²) in [4.78, 5) is 25.1. The zero-order valence-electron chi connectivity index (χ0n) is 12.8. The van der Waals surface area contributed by atoms with E-state index < -0.39 is 0 Å². The standard InChI is InChI=1S/C17H20N2O2S/c1-12-8-9-22-15(12)11-18-16(20)10-13(2)19-17(21)14-6-4-3-5-7-14/h3-9,13H,10-11H2,1-2H3,(H,18,20)(H,19,21). The van der Waals surface area contributed by atoms with Crippen molar-refractivity contribution >= 4 is 23.2 Å². The van der Waals surface area contributed by atoms with E-state index in [-0.39, 0.29) is 24.3 Å². The summed E-state index contributed by atoms with van der Waals surface area (Å²) in [5, 5.41) is 7.74. The predicted octanol–water partition coefficient (Wildman–Crippen LogP) is 2.88. The Morgan fingerprint density at radius 3 is 2.55 bits per heavy atom. The van der Waals surface area contributed by atoms with E-state index in [9.17, 15) is 9.59 Å². The van der Waals surface area contributed by atoms with Crippen LogP contribution < -0.4 is 10.6 Å². The SMILES string of the molecule is Cc1ccsc1CNC(=O)CC(C)NC(=O)c1ccccc1. The summed E-state index contributed by atoms with van der Waals surface area (Å²) in [5.74, 6) is -0.219. The van der Waals surface area contributed by atoms with Gasteiger partial charge in [0.25, 0.3) is 5.91 Å². The van der Waals surface area contributed by atoms with Gasteiger partial charge in [0.05, 0.1) is 6.54 Å². The maximum atomic E-state index is 12.0. The molecule has 0 aliphatic heterocycles. The largest absolute Gasteiger partial charge is 0.351 e. The fourth-order valence-electron chi connectivity index (χ4n) is 2.06. The van der Waals surface area contributed by atoms with Crippen LogP contribution in [0.15, 0.2) is 41.8 Å². The van der Waals surface area contributed by atoms with Crippen LogP contribution in [0.1, 0.15) is 34.1 Å². The highest BCUT2D eigenvalue weighted by molar-refractivity contribution is 7.10. The Balaban J connectivity index is 1.77. The molecule has 0 aliphatic rings. The summed E-state index contributed by atoms with van der Waals surface area (Å²) in [6, 6.07) is 10.8. The molecule has 1 heterocycles. The van der Waals surface area contributed by atoms with Gasteiger partial charge < -0.3 is 10.6 Å². The molecule has 4 nitrogen and oxygen atoms in total. The third-order valence-corrected chi connectivity index (χ3v) is 4.34. The van der Waals surface area contributed by atoms with Crippen LogP contribution in [0.4, 0.5) is 0 Å². The molecule has 5 heteroatoms. The molecular formula is C17H20N2O2S. The number of aryl methyl sites for hydroxylation is 1. The Morgan fingerprint density at radius 1 is 1.18 bits per heavy atom. The molecule has 2 amide bonds. The number of hydrogen-bond donors (Lipinski definition) is 2. The molecule has 0 saturated heterocycles. The van der Waals surface area contributed by atoms with Gasteiger partial charge >= 0.3 is 0 Å². The van der Waals surface area contributed by atoms with E-state index in [0.29, 0.717) is 12.1 Å². The van der Waals surface area contributed by atoms with Gasteiger partial charge in [-0.15, -0.1) is 11.3 Å². The van der Waals surface area contributed by atoms with Crippen molar-refractivity contribution in [2.24, 2.45) is 0 Å². The maximum Gasteiger partial charge on any atom is 0.251 e. The third kappa shape index (κ3) is 4.70. The van der Waals surface area contributed by atoms with Crippen molar-refractivity contribution < 1.29 is 9.59 Å². The van der Waals surface area contributed by atoms with Crippen molar-refractivity contribution in [1.29, 1.82) is 0 Å². The van der Waals surface area contributed by atoms with Gasteiger partial charge in [-0.1, -0.05) is 18.2 Å². The second-order valence-corrected chi connectivity index (χ2v) is 6.25. The Labute approximate surface area is 134 Å². The van der Waals surface area contributed by atoms with Gasteiger partial charge in [-0.25, -0.2) is 0 Å². The Bertz CT molecular complexity index is 637. The first-order chi connectivity index (χ1) is 10.6. The average Bonchev–Trinajstić information content (AvgIpc) is 2.91. The minimum absolute atomic E-state index is 0.0614. The van der Waals surface area contributed by atoms with E-state index in [4.69, 9.17) is 0 Å². The summed E-state index contributed by atoms with van der Waals surface area (Å²) >= 11 is 1.63. The van der Waals surface area contributed by atoms with Crippen LogP contribution in [0.3, 0.4) is 0 Å². The van der Waals surface area contributed by atoms with Gasteiger partial charge in [0.1, 0.15) is 0 Å². The minimum Gasteiger partial charge on any atom is -0.351 e. The minimum atomic E-state index is -0.211. The molecule has 2 aromatic rings. The lowest BCUT2D eigenvalue weighted by Gasteiger charge is -2.14. The predicted molar refractivity (Wildman–Crippen MR) is 88.9 cm³/mol. The van der Waals surface area contributed by atoms with Crippen molar-refractivity contribution in [1.82, 2.24) is 10.6 Å². The maximum absolute atomic E-state index is 12.0. The molecule has 116 valence electrons. The van der Waals surface area contributed by atoms with E-state index in [1.54, 1.807) is 23.5 Å². The van der Waals surface area contributed by atoms with Crippen LogP contribution in [-0.2, 0) is 11.3 Å². The quantitative estimate of drug-likeness (QED) is 0.861. The number of rotatable bonds is 6. The van der Waals surface area contributed by atoms with E-state index in [1.807, 2.05) is 43.5 Å². The molecule has 0 saturated carbocycles. The number of carbonyl (C=O) groups is 2. The number of thiophene rings is 1. The summed E-state index contributed by atoms with van der Waals surface area (Å²) in [5.41, 5.74) is 1.79. The topological polar surface area (TPSA) is 58.2 Å². The number of carbonyl (C=O) groups excluding carboxylic acids is 2. The number of nitrogens with one attached hydrogen (secondary N) is 2. The smallest absolute Gasteiger partial charge is 0.251 e. The molecule has 0 fully saturated rings. The molecule has 1 aromatic heterocycles. The average molecular weight is 316 g/mol. The van der Waals surface area contributed by atoms with Gasteiger partial charge in [0.2, 0.25) is 5.91 Å². The first kappa shape index (κ1) is 16.2. The lowest BCUT2D eigenvalue weighted by molar-refractivity contribution is -0.121. The fourth-order valence-corrected chi connectivity index (χ4v) is 2.91. The van der Waals surface area contributed by atoms with Gasteiger partial charge in [-0.2, -0.15) is 0 Å². The van der Waals surface area contributed by atoms with Crippen LogP contribution in [0.25, 0.3) is 0 Å². The fraction of sp³-hybridized carbons (Fsp3) is 0.294. The van der Waals surface area contributed by atoms with Crippen LogP contribution in [0.2, 0.25) is 0 Å². The molecule has 1 unspecified atom stereocenters. The molecule has 2 rings (SSSR count). The van der Waals surface area contributed by atoms with Gasteiger partial charge in [0.15, 0.2) is 0 Å². The zero-order chi connectivity index (χ0) is 15.9. The number of hydrogen-bond acceptors (Lipinski definition) is 3. The summed E-state index contributed by atoms with van der Waals surface area (Å²) < 4.78 is 0. The van der Waals surface area contributed by atoms with Crippen LogP contribution in [0, 0.1) is 6.92 Å². The number of benzene rings is 1. The summed E-state index contributed by atoms with van der Waals surface area (Å²) in [6.07, 6.45) is 0.267. The molecule has 2 N–H and O–H groups in total. The highest BCUT2D eigenvalue weighted by Gasteiger charge is 2.13. The molecule has 22 heavy (non-hydrogen) atoms. The van der Waals surface area contributed by atoms with E-state index >= 15 is 0 Å². The monoisotopic (exact) mass is 316 g/mol. The zero-order valence-corrected chi connectivity index (χ0v) is 13.6. The third-order valence-electron chi connectivity index (χ3n) is 3.32. The summed E-state index contributed by atoms with van der Waals surface area (Å²) in [6.45, 7) is 4.40. The first-order valence-corrected chi connectivity index (χ1v) is 8.10. The lowest BCUT2D eigenvalue weighted by Crippen LogP contribution is -2.37.